The maximum atomic E-state index is 10.9. The third-order valence-corrected chi connectivity index (χ3v) is 2.89. The first-order valence-electron chi connectivity index (χ1n) is 6.14. The Labute approximate surface area is 106 Å². The average molecular weight is 256 g/mol. The lowest BCUT2D eigenvalue weighted by molar-refractivity contribution is -0.416. The van der Waals surface area contributed by atoms with Crippen molar-refractivity contribution in [1.82, 2.24) is 4.90 Å². The largest absolute Gasteiger partial charge is 0.399 e. The monoisotopic (exact) mass is 256 g/mol. The average Bonchev–Trinajstić information content (AvgIpc) is 2.53. The summed E-state index contributed by atoms with van der Waals surface area (Å²) in [6.45, 7) is 3.49. The van der Waals surface area contributed by atoms with Crippen molar-refractivity contribution in [2.24, 2.45) is 10.7 Å². The van der Waals surface area contributed by atoms with E-state index in [0.29, 0.717) is 31.9 Å². The summed E-state index contributed by atoms with van der Waals surface area (Å²) in [5.74, 6) is 0.319. The van der Waals surface area contributed by atoms with Crippen LogP contribution in [0.4, 0.5) is 0 Å². The number of amidine groups is 1. The van der Waals surface area contributed by atoms with Crippen molar-refractivity contribution in [3.8, 4) is 0 Å². The van der Waals surface area contributed by atoms with Crippen LogP contribution in [0, 0.1) is 10.1 Å². The summed E-state index contributed by atoms with van der Waals surface area (Å²) in [5.41, 5.74) is 5.14. The van der Waals surface area contributed by atoms with Gasteiger partial charge in [0.15, 0.2) is 0 Å². The Balaban J connectivity index is 2.91. The number of aliphatic imine (C=N–C) groups is 1. The zero-order chi connectivity index (χ0) is 13.5. The van der Waals surface area contributed by atoms with Gasteiger partial charge in [-0.2, -0.15) is 0 Å². The molecule has 0 aromatic rings. The van der Waals surface area contributed by atoms with Crippen LogP contribution in [-0.4, -0.2) is 46.5 Å². The normalized spacial score (nSPS) is 22.8. The van der Waals surface area contributed by atoms with E-state index >= 15 is 0 Å². The Bertz CT molecular complexity index is 354. The number of aliphatic hydroxyl groups excluding tert-OH is 1. The quantitative estimate of drug-likeness (QED) is 0.327. The van der Waals surface area contributed by atoms with E-state index in [9.17, 15) is 15.2 Å². The maximum Gasteiger partial charge on any atom is 0.326 e. The van der Waals surface area contributed by atoms with Crippen molar-refractivity contribution < 1.29 is 10.0 Å². The number of likely N-dealkylation sites (tertiary alicyclic amines) is 1. The molecule has 0 aromatic heterocycles. The molecule has 1 aliphatic rings. The molecular formula is C11H20N4O3. The highest BCUT2D eigenvalue weighted by molar-refractivity contribution is 5.96. The minimum atomic E-state index is -0.518. The molecule has 1 rings (SSSR count). The summed E-state index contributed by atoms with van der Waals surface area (Å²) in [7, 11) is 0. The van der Waals surface area contributed by atoms with E-state index in [1.165, 1.54) is 0 Å². The molecule has 0 bridgehead atoms. The fourth-order valence-electron chi connectivity index (χ4n) is 2.00. The van der Waals surface area contributed by atoms with Gasteiger partial charge in [-0.25, -0.2) is 0 Å². The van der Waals surface area contributed by atoms with Crippen LogP contribution in [-0.2, 0) is 0 Å². The lowest BCUT2D eigenvalue weighted by atomic mass is 10.2. The van der Waals surface area contributed by atoms with E-state index in [4.69, 9.17) is 5.73 Å². The Hall–Kier alpha value is -1.63. The van der Waals surface area contributed by atoms with Crippen LogP contribution in [0.15, 0.2) is 16.9 Å². The summed E-state index contributed by atoms with van der Waals surface area (Å²) in [4.78, 5) is 16.4. The molecule has 0 aliphatic carbocycles. The van der Waals surface area contributed by atoms with Crippen molar-refractivity contribution in [2.75, 3.05) is 19.6 Å². The van der Waals surface area contributed by atoms with Gasteiger partial charge in [-0.05, 0) is 26.2 Å². The smallest absolute Gasteiger partial charge is 0.326 e. The van der Waals surface area contributed by atoms with Gasteiger partial charge in [0.25, 0.3) is 0 Å². The van der Waals surface area contributed by atoms with Gasteiger partial charge in [-0.3, -0.25) is 15.1 Å². The van der Waals surface area contributed by atoms with Crippen molar-refractivity contribution in [2.45, 2.75) is 32.3 Å². The molecule has 0 aromatic carbocycles. The lowest BCUT2D eigenvalue weighted by Gasteiger charge is -2.22. The molecule has 0 saturated carbocycles. The highest BCUT2D eigenvalue weighted by atomic mass is 16.6. The Morgan fingerprint density at radius 2 is 2.33 bits per heavy atom. The second-order valence-electron chi connectivity index (χ2n) is 4.18. The van der Waals surface area contributed by atoms with E-state index in [-0.39, 0.29) is 11.8 Å². The SMILES string of the molecule is CCN=C(/C(=C\N)[N+](=O)[O-])N1CCCC(O)CC1. The van der Waals surface area contributed by atoms with Crippen molar-refractivity contribution in [3.05, 3.63) is 22.0 Å². The molecule has 1 unspecified atom stereocenters. The zero-order valence-electron chi connectivity index (χ0n) is 10.6. The summed E-state index contributed by atoms with van der Waals surface area (Å²) < 4.78 is 0. The maximum absolute atomic E-state index is 10.9. The second kappa shape index (κ2) is 6.95. The van der Waals surface area contributed by atoms with Gasteiger partial charge in [0.2, 0.25) is 5.84 Å². The van der Waals surface area contributed by atoms with Gasteiger partial charge >= 0.3 is 5.70 Å². The number of rotatable bonds is 3. The van der Waals surface area contributed by atoms with Gasteiger partial charge < -0.3 is 15.7 Å². The summed E-state index contributed by atoms with van der Waals surface area (Å²) in [5, 5.41) is 20.5. The van der Waals surface area contributed by atoms with Crippen molar-refractivity contribution in [3.63, 3.8) is 0 Å². The molecule has 1 atom stereocenters. The third-order valence-electron chi connectivity index (χ3n) is 2.89. The number of nitrogens with zero attached hydrogens (tertiary/aromatic N) is 3. The predicted octanol–water partition coefficient (Wildman–Crippen LogP) is 0.328. The summed E-state index contributed by atoms with van der Waals surface area (Å²) >= 11 is 0. The van der Waals surface area contributed by atoms with Crippen LogP contribution in [0.5, 0.6) is 0 Å². The standard InChI is InChI=1S/C11H20N4O3/c1-2-13-11(10(8-12)15(17)18)14-6-3-4-9(16)5-7-14/h8-9,16H,2-7,12H2,1H3/b10-8+,13-11?. The molecule has 1 saturated heterocycles. The molecule has 102 valence electrons. The van der Waals surface area contributed by atoms with Gasteiger partial charge in [0.05, 0.1) is 17.2 Å². The van der Waals surface area contributed by atoms with Crippen LogP contribution in [0.1, 0.15) is 26.2 Å². The van der Waals surface area contributed by atoms with Gasteiger partial charge in [0.1, 0.15) is 0 Å². The minimum absolute atomic E-state index is 0.173. The van der Waals surface area contributed by atoms with E-state index < -0.39 is 4.92 Å². The molecule has 18 heavy (non-hydrogen) atoms. The first-order valence-corrected chi connectivity index (χ1v) is 6.14. The fraction of sp³-hybridized carbons (Fsp3) is 0.727. The molecule has 7 heteroatoms. The predicted molar refractivity (Wildman–Crippen MR) is 68.7 cm³/mol. The molecule has 3 N–H and O–H groups in total. The second-order valence-corrected chi connectivity index (χ2v) is 4.18. The van der Waals surface area contributed by atoms with Gasteiger partial charge in [0, 0.05) is 19.6 Å². The van der Waals surface area contributed by atoms with Crippen LogP contribution in [0.3, 0.4) is 0 Å². The third kappa shape index (κ3) is 3.69. The first-order chi connectivity index (χ1) is 8.60. The Morgan fingerprint density at radius 1 is 1.61 bits per heavy atom. The van der Waals surface area contributed by atoms with E-state index in [1.54, 1.807) is 0 Å². The van der Waals surface area contributed by atoms with E-state index in [1.807, 2.05) is 11.8 Å². The molecule has 0 radical (unpaired) electrons. The number of hydrogen-bond donors (Lipinski definition) is 2. The van der Waals surface area contributed by atoms with Crippen LogP contribution >= 0.6 is 0 Å². The molecule has 7 nitrogen and oxygen atoms in total. The number of nitrogens with two attached hydrogens (primary N) is 1. The minimum Gasteiger partial charge on any atom is -0.399 e. The molecule has 0 spiro atoms. The lowest BCUT2D eigenvalue weighted by Crippen LogP contribution is -2.36. The number of hydrogen-bond acceptors (Lipinski definition) is 5. The number of nitro groups is 1. The van der Waals surface area contributed by atoms with Crippen LogP contribution in [0.2, 0.25) is 0 Å². The van der Waals surface area contributed by atoms with E-state index in [0.717, 1.165) is 19.0 Å². The number of aliphatic hydroxyl groups is 1. The van der Waals surface area contributed by atoms with E-state index in [2.05, 4.69) is 4.99 Å². The van der Waals surface area contributed by atoms with Crippen molar-refractivity contribution in [1.29, 1.82) is 0 Å². The zero-order valence-corrected chi connectivity index (χ0v) is 10.6. The van der Waals surface area contributed by atoms with Gasteiger partial charge in [-0.15, -0.1) is 0 Å². The molecular weight excluding hydrogens is 236 g/mol. The molecule has 1 aliphatic heterocycles. The molecule has 0 amide bonds. The fourth-order valence-corrected chi connectivity index (χ4v) is 2.00. The summed E-state index contributed by atoms with van der Waals surface area (Å²) in [6.07, 6.45) is 2.75. The van der Waals surface area contributed by atoms with Gasteiger partial charge in [-0.1, -0.05) is 0 Å². The van der Waals surface area contributed by atoms with Crippen LogP contribution in [0.25, 0.3) is 0 Å². The summed E-state index contributed by atoms with van der Waals surface area (Å²) in [6, 6.07) is 0. The topological polar surface area (TPSA) is 105 Å². The van der Waals surface area contributed by atoms with Crippen LogP contribution < -0.4 is 5.73 Å². The molecule has 1 heterocycles. The highest BCUT2D eigenvalue weighted by Gasteiger charge is 2.26. The van der Waals surface area contributed by atoms with Crippen molar-refractivity contribution >= 4 is 5.84 Å². The highest BCUT2D eigenvalue weighted by Crippen LogP contribution is 2.14. The Kier molecular flexibility index (Phi) is 5.57. The Morgan fingerprint density at radius 3 is 2.89 bits per heavy atom. The first kappa shape index (κ1) is 14.4. The molecule has 1 fully saturated rings.